The zero-order valence-electron chi connectivity index (χ0n) is 13.3. The largest absolute Gasteiger partial charge is 0.508 e. The van der Waals surface area contributed by atoms with E-state index in [9.17, 15) is 19.1 Å². The lowest BCUT2D eigenvalue weighted by molar-refractivity contribution is -0.120. The second kappa shape index (κ2) is 8.10. The van der Waals surface area contributed by atoms with Crippen molar-refractivity contribution in [3.63, 3.8) is 0 Å². The van der Waals surface area contributed by atoms with Gasteiger partial charge in [-0.2, -0.15) is 0 Å². The molecule has 1 atom stereocenters. The first-order valence-electron chi connectivity index (χ1n) is 7.62. The molecule has 0 aliphatic carbocycles. The molecule has 0 aromatic heterocycles. The molecule has 5 nitrogen and oxygen atoms in total. The maximum atomic E-state index is 12.8. The molecule has 1 unspecified atom stereocenters. The highest BCUT2D eigenvalue weighted by Crippen LogP contribution is 2.25. The van der Waals surface area contributed by atoms with Crippen LogP contribution in [0.4, 0.5) is 4.39 Å². The number of benzene rings is 2. The Bertz CT molecular complexity index is 716. The summed E-state index contributed by atoms with van der Waals surface area (Å²) in [6, 6.07) is 11.5. The van der Waals surface area contributed by atoms with E-state index in [2.05, 4.69) is 10.6 Å². The third-order valence-electron chi connectivity index (χ3n) is 3.57. The molecule has 0 saturated carbocycles. The Balaban J connectivity index is 1.91. The number of nitrogens with one attached hydrogen (secondary N) is 2. The molecule has 0 radical (unpaired) electrons. The Hall–Kier alpha value is -2.89. The van der Waals surface area contributed by atoms with E-state index in [1.165, 1.54) is 24.3 Å². The van der Waals surface area contributed by atoms with Crippen molar-refractivity contribution < 1.29 is 19.1 Å². The van der Waals surface area contributed by atoms with Crippen molar-refractivity contribution in [2.45, 2.75) is 19.4 Å². The molecule has 24 heavy (non-hydrogen) atoms. The first-order valence-corrected chi connectivity index (χ1v) is 7.62. The predicted molar refractivity (Wildman–Crippen MR) is 88.0 cm³/mol. The number of aromatic hydroxyl groups is 1. The van der Waals surface area contributed by atoms with Crippen molar-refractivity contribution in [1.29, 1.82) is 0 Å². The first-order chi connectivity index (χ1) is 11.5. The molecule has 2 aromatic carbocycles. The number of phenols is 1. The smallest absolute Gasteiger partial charge is 0.251 e. The molecule has 3 N–H and O–H groups in total. The van der Waals surface area contributed by atoms with Gasteiger partial charge in [-0.3, -0.25) is 9.59 Å². The van der Waals surface area contributed by atoms with Crippen molar-refractivity contribution in [1.82, 2.24) is 10.6 Å². The van der Waals surface area contributed by atoms with Gasteiger partial charge in [0.1, 0.15) is 11.6 Å². The van der Waals surface area contributed by atoms with E-state index in [-0.39, 0.29) is 29.8 Å². The Labute approximate surface area is 139 Å². The number of carbonyl (C=O) groups is 2. The summed E-state index contributed by atoms with van der Waals surface area (Å²) in [6.07, 6.45) is 0.592. The number of para-hydroxylation sites is 1. The lowest BCUT2D eigenvalue weighted by Crippen LogP contribution is -2.38. The molecule has 0 fully saturated rings. The Morgan fingerprint density at radius 2 is 1.79 bits per heavy atom. The minimum Gasteiger partial charge on any atom is -0.508 e. The molecule has 0 aliphatic rings. The third kappa shape index (κ3) is 4.55. The first kappa shape index (κ1) is 17.5. The van der Waals surface area contributed by atoms with E-state index in [1.807, 2.05) is 6.92 Å². The number of amides is 2. The Morgan fingerprint density at radius 1 is 1.12 bits per heavy atom. The van der Waals surface area contributed by atoms with E-state index in [1.54, 1.807) is 24.3 Å². The highest BCUT2D eigenvalue weighted by atomic mass is 19.1. The van der Waals surface area contributed by atoms with Crippen molar-refractivity contribution in [2.75, 3.05) is 6.54 Å². The summed E-state index contributed by atoms with van der Waals surface area (Å²) in [5.41, 5.74) is 0.898. The third-order valence-corrected chi connectivity index (χ3v) is 3.57. The van der Waals surface area contributed by atoms with Crippen molar-refractivity contribution in [3.05, 3.63) is 65.5 Å². The van der Waals surface area contributed by atoms with Gasteiger partial charge in [-0.15, -0.1) is 0 Å². The van der Waals surface area contributed by atoms with Gasteiger partial charge in [0.2, 0.25) is 5.91 Å². The molecule has 0 bridgehead atoms. The van der Waals surface area contributed by atoms with Gasteiger partial charge in [-0.1, -0.05) is 25.1 Å². The standard InChI is InChI=1S/C18H19FN2O3/c1-2-15(14-5-3-4-6-16(14)22)21-17(23)11-20-18(24)12-7-9-13(19)10-8-12/h3-10,15,22H,2,11H2,1H3,(H,20,24)(H,21,23). The fraction of sp³-hybridized carbons (Fsp3) is 0.222. The zero-order chi connectivity index (χ0) is 17.5. The van der Waals surface area contributed by atoms with Crippen LogP contribution in [0, 0.1) is 5.82 Å². The summed E-state index contributed by atoms with van der Waals surface area (Å²) in [7, 11) is 0. The molecule has 0 saturated heterocycles. The van der Waals surface area contributed by atoms with E-state index >= 15 is 0 Å². The van der Waals surface area contributed by atoms with Gasteiger partial charge in [0.05, 0.1) is 12.6 Å². The van der Waals surface area contributed by atoms with Crippen LogP contribution in [0.5, 0.6) is 5.75 Å². The van der Waals surface area contributed by atoms with E-state index in [0.29, 0.717) is 12.0 Å². The fourth-order valence-corrected chi connectivity index (χ4v) is 2.29. The Kier molecular flexibility index (Phi) is 5.89. The van der Waals surface area contributed by atoms with Gasteiger partial charge in [0, 0.05) is 11.1 Å². The molecular weight excluding hydrogens is 311 g/mol. The normalized spacial score (nSPS) is 11.6. The van der Waals surface area contributed by atoms with E-state index < -0.39 is 11.7 Å². The summed E-state index contributed by atoms with van der Waals surface area (Å²) >= 11 is 0. The van der Waals surface area contributed by atoms with Crippen LogP contribution >= 0.6 is 0 Å². The maximum Gasteiger partial charge on any atom is 0.251 e. The van der Waals surface area contributed by atoms with Crippen LogP contribution in [-0.2, 0) is 4.79 Å². The minimum atomic E-state index is -0.458. The number of carbonyl (C=O) groups excluding carboxylic acids is 2. The van der Waals surface area contributed by atoms with Gasteiger partial charge in [0.15, 0.2) is 0 Å². The number of halogens is 1. The van der Waals surface area contributed by atoms with Gasteiger partial charge in [-0.25, -0.2) is 4.39 Å². The lowest BCUT2D eigenvalue weighted by Gasteiger charge is -2.18. The van der Waals surface area contributed by atoms with Crippen LogP contribution in [0.3, 0.4) is 0 Å². The van der Waals surface area contributed by atoms with Crippen LogP contribution in [0.15, 0.2) is 48.5 Å². The number of phenolic OH excluding ortho intramolecular Hbond substituents is 1. The highest BCUT2D eigenvalue weighted by molar-refractivity contribution is 5.96. The van der Waals surface area contributed by atoms with Crippen molar-refractivity contribution in [2.24, 2.45) is 0 Å². The molecular formula is C18H19FN2O3. The summed E-state index contributed by atoms with van der Waals surface area (Å²) in [5, 5.41) is 15.1. The second-order valence-electron chi connectivity index (χ2n) is 5.28. The highest BCUT2D eigenvalue weighted by Gasteiger charge is 2.16. The summed E-state index contributed by atoms with van der Waals surface area (Å²) in [6.45, 7) is 1.68. The molecule has 126 valence electrons. The van der Waals surface area contributed by atoms with Crippen LogP contribution in [0.2, 0.25) is 0 Å². The average Bonchev–Trinajstić information content (AvgIpc) is 2.59. The second-order valence-corrected chi connectivity index (χ2v) is 5.28. The number of hydrogen-bond acceptors (Lipinski definition) is 3. The van der Waals surface area contributed by atoms with Gasteiger partial charge >= 0.3 is 0 Å². The van der Waals surface area contributed by atoms with Crippen LogP contribution in [0.1, 0.15) is 35.3 Å². The fourth-order valence-electron chi connectivity index (χ4n) is 2.29. The zero-order valence-corrected chi connectivity index (χ0v) is 13.3. The molecule has 2 aromatic rings. The summed E-state index contributed by atoms with van der Waals surface area (Å²) < 4.78 is 12.8. The van der Waals surface area contributed by atoms with Crippen molar-refractivity contribution >= 4 is 11.8 Å². The van der Waals surface area contributed by atoms with Gasteiger partial charge < -0.3 is 15.7 Å². The van der Waals surface area contributed by atoms with E-state index in [4.69, 9.17) is 0 Å². The number of rotatable bonds is 6. The average molecular weight is 330 g/mol. The molecule has 2 amide bonds. The Morgan fingerprint density at radius 3 is 2.42 bits per heavy atom. The topological polar surface area (TPSA) is 78.4 Å². The van der Waals surface area contributed by atoms with Gasteiger partial charge in [-0.05, 0) is 36.8 Å². The van der Waals surface area contributed by atoms with E-state index in [0.717, 1.165) is 0 Å². The lowest BCUT2D eigenvalue weighted by atomic mass is 10.0. The van der Waals surface area contributed by atoms with Gasteiger partial charge in [0.25, 0.3) is 5.91 Å². The predicted octanol–water partition coefficient (Wildman–Crippen LogP) is 2.53. The quantitative estimate of drug-likeness (QED) is 0.761. The SMILES string of the molecule is CCC(NC(=O)CNC(=O)c1ccc(F)cc1)c1ccccc1O. The molecule has 0 spiro atoms. The monoisotopic (exact) mass is 330 g/mol. The molecule has 0 heterocycles. The number of hydrogen-bond donors (Lipinski definition) is 3. The summed E-state index contributed by atoms with van der Waals surface area (Å²) in [5.74, 6) is -1.15. The van der Waals surface area contributed by atoms with Crippen LogP contribution in [0.25, 0.3) is 0 Å². The summed E-state index contributed by atoms with van der Waals surface area (Å²) in [4.78, 5) is 23.9. The minimum absolute atomic E-state index is 0.111. The maximum absolute atomic E-state index is 12.8. The van der Waals surface area contributed by atoms with Crippen LogP contribution in [-0.4, -0.2) is 23.5 Å². The molecule has 2 rings (SSSR count). The van der Waals surface area contributed by atoms with Crippen molar-refractivity contribution in [3.8, 4) is 5.75 Å². The van der Waals surface area contributed by atoms with Crippen LogP contribution < -0.4 is 10.6 Å². The molecule has 6 heteroatoms. The molecule has 0 aliphatic heterocycles.